The van der Waals surface area contributed by atoms with Crippen LogP contribution in [0.1, 0.15) is 21.6 Å². The van der Waals surface area contributed by atoms with E-state index in [0.29, 0.717) is 18.1 Å². The zero-order valence-electron chi connectivity index (χ0n) is 13.1. The minimum Gasteiger partial charge on any atom is -0.366 e. The lowest BCUT2D eigenvalue weighted by Gasteiger charge is -2.12. The first kappa shape index (κ1) is 16.5. The highest BCUT2D eigenvalue weighted by molar-refractivity contribution is 5.92. The number of primary amides is 1. The number of benzene rings is 1. The van der Waals surface area contributed by atoms with Crippen molar-refractivity contribution in [2.45, 2.75) is 13.0 Å². The third-order valence-corrected chi connectivity index (χ3v) is 3.29. The molecule has 0 bridgehead atoms. The average Bonchev–Trinajstić information content (AvgIpc) is 2.59. The standard InChI is InChI=1S/C17H21N5O/c1-19-17(21-10-8-15-7-2-3-9-20-15)22-12-13-5-4-6-14(11-13)16(18)23/h2-7,9,11H,8,10,12H2,1H3,(H2,18,23)(H2,19,21,22). The summed E-state index contributed by atoms with van der Waals surface area (Å²) >= 11 is 0. The van der Waals surface area contributed by atoms with Gasteiger partial charge in [-0.1, -0.05) is 18.2 Å². The van der Waals surface area contributed by atoms with E-state index < -0.39 is 5.91 Å². The maximum Gasteiger partial charge on any atom is 0.248 e. The molecule has 0 aliphatic rings. The summed E-state index contributed by atoms with van der Waals surface area (Å²) in [6.45, 7) is 1.29. The SMILES string of the molecule is CN=C(NCCc1ccccn1)NCc1cccc(C(N)=O)c1. The molecule has 0 saturated carbocycles. The van der Waals surface area contributed by atoms with Gasteiger partial charge in [-0.2, -0.15) is 0 Å². The summed E-state index contributed by atoms with van der Waals surface area (Å²) in [4.78, 5) is 19.6. The van der Waals surface area contributed by atoms with Gasteiger partial charge in [0.05, 0.1) is 0 Å². The fourth-order valence-corrected chi connectivity index (χ4v) is 2.10. The lowest BCUT2D eigenvalue weighted by atomic mass is 10.1. The Morgan fingerprint density at radius 2 is 2.09 bits per heavy atom. The van der Waals surface area contributed by atoms with Crippen LogP contribution >= 0.6 is 0 Å². The molecule has 120 valence electrons. The quantitative estimate of drug-likeness (QED) is 0.550. The molecule has 6 nitrogen and oxygen atoms in total. The van der Waals surface area contributed by atoms with Crippen molar-refractivity contribution in [2.75, 3.05) is 13.6 Å². The second kappa shape index (κ2) is 8.53. The smallest absolute Gasteiger partial charge is 0.248 e. The average molecular weight is 311 g/mol. The number of amides is 1. The van der Waals surface area contributed by atoms with E-state index in [9.17, 15) is 4.79 Å². The van der Waals surface area contributed by atoms with Gasteiger partial charge in [0.2, 0.25) is 5.91 Å². The molecule has 1 heterocycles. The first-order valence-electron chi connectivity index (χ1n) is 7.42. The van der Waals surface area contributed by atoms with Crippen LogP contribution in [-0.4, -0.2) is 30.4 Å². The number of hydrogen-bond donors (Lipinski definition) is 3. The number of nitrogens with one attached hydrogen (secondary N) is 2. The Labute approximate surface area is 135 Å². The summed E-state index contributed by atoms with van der Waals surface area (Å²) in [5.41, 5.74) is 7.79. The van der Waals surface area contributed by atoms with Crippen molar-refractivity contribution < 1.29 is 4.79 Å². The number of carbonyl (C=O) groups is 1. The summed E-state index contributed by atoms with van der Waals surface area (Å²) < 4.78 is 0. The lowest BCUT2D eigenvalue weighted by molar-refractivity contribution is 0.1000. The van der Waals surface area contributed by atoms with Gasteiger partial charge in [-0.05, 0) is 29.8 Å². The van der Waals surface area contributed by atoms with Gasteiger partial charge < -0.3 is 16.4 Å². The molecule has 0 aliphatic carbocycles. The van der Waals surface area contributed by atoms with E-state index in [-0.39, 0.29) is 0 Å². The molecule has 0 fully saturated rings. The summed E-state index contributed by atoms with van der Waals surface area (Å²) in [6.07, 6.45) is 2.60. The molecule has 4 N–H and O–H groups in total. The van der Waals surface area contributed by atoms with E-state index in [4.69, 9.17) is 5.73 Å². The molecular formula is C17H21N5O. The van der Waals surface area contributed by atoms with Crippen molar-refractivity contribution in [2.24, 2.45) is 10.7 Å². The van der Waals surface area contributed by atoms with E-state index in [1.807, 2.05) is 30.3 Å². The number of aliphatic imine (C=N–C) groups is 1. The van der Waals surface area contributed by atoms with E-state index in [0.717, 1.165) is 24.2 Å². The second-order valence-corrected chi connectivity index (χ2v) is 4.99. The van der Waals surface area contributed by atoms with Crippen LogP contribution < -0.4 is 16.4 Å². The van der Waals surface area contributed by atoms with Crippen molar-refractivity contribution >= 4 is 11.9 Å². The molecule has 0 aliphatic heterocycles. The number of hydrogen-bond acceptors (Lipinski definition) is 3. The van der Waals surface area contributed by atoms with E-state index in [1.165, 1.54) is 0 Å². The van der Waals surface area contributed by atoms with Crippen LogP contribution in [0.2, 0.25) is 0 Å². The first-order chi connectivity index (χ1) is 11.2. The fraction of sp³-hybridized carbons (Fsp3) is 0.235. The molecule has 0 saturated heterocycles. The molecule has 6 heteroatoms. The number of carbonyl (C=O) groups excluding carboxylic acids is 1. The molecule has 1 aromatic carbocycles. The fourth-order valence-electron chi connectivity index (χ4n) is 2.10. The zero-order chi connectivity index (χ0) is 16.5. The summed E-state index contributed by atoms with van der Waals surface area (Å²) in [5, 5.41) is 6.44. The Bertz CT molecular complexity index is 670. The molecular weight excluding hydrogens is 290 g/mol. The van der Waals surface area contributed by atoms with Crippen LogP contribution in [0, 0.1) is 0 Å². The van der Waals surface area contributed by atoms with Crippen LogP contribution in [0.3, 0.4) is 0 Å². The van der Waals surface area contributed by atoms with Gasteiger partial charge in [0.25, 0.3) is 0 Å². The Hall–Kier alpha value is -2.89. The van der Waals surface area contributed by atoms with Crippen LogP contribution in [0.5, 0.6) is 0 Å². The minimum absolute atomic E-state index is 0.426. The van der Waals surface area contributed by atoms with Crippen molar-refractivity contribution in [1.82, 2.24) is 15.6 Å². The number of nitrogens with two attached hydrogens (primary N) is 1. The molecule has 1 aromatic heterocycles. The third kappa shape index (κ3) is 5.43. The number of rotatable bonds is 6. The Kier molecular flexibility index (Phi) is 6.11. The van der Waals surface area contributed by atoms with Crippen molar-refractivity contribution in [1.29, 1.82) is 0 Å². The number of aromatic nitrogens is 1. The molecule has 0 atom stereocenters. The molecule has 0 radical (unpaired) electrons. The molecule has 0 spiro atoms. The van der Waals surface area contributed by atoms with E-state index in [1.54, 1.807) is 25.4 Å². The van der Waals surface area contributed by atoms with Gasteiger partial charge in [0.15, 0.2) is 5.96 Å². The molecule has 2 aromatic rings. The number of pyridine rings is 1. The highest BCUT2D eigenvalue weighted by atomic mass is 16.1. The van der Waals surface area contributed by atoms with E-state index >= 15 is 0 Å². The Morgan fingerprint density at radius 3 is 2.78 bits per heavy atom. The maximum atomic E-state index is 11.2. The summed E-state index contributed by atoms with van der Waals surface area (Å²) in [7, 11) is 1.72. The van der Waals surface area contributed by atoms with Crippen molar-refractivity contribution in [3.63, 3.8) is 0 Å². The maximum absolute atomic E-state index is 11.2. The predicted octanol–water partition coefficient (Wildman–Crippen LogP) is 1.09. The van der Waals surface area contributed by atoms with Gasteiger partial charge in [-0.15, -0.1) is 0 Å². The second-order valence-electron chi connectivity index (χ2n) is 4.99. The van der Waals surface area contributed by atoms with Gasteiger partial charge >= 0.3 is 0 Å². The van der Waals surface area contributed by atoms with Crippen LogP contribution in [0.15, 0.2) is 53.7 Å². The molecule has 23 heavy (non-hydrogen) atoms. The van der Waals surface area contributed by atoms with Crippen LogP contribution in [0.25, 0.3) is 0 Å². The van der Waals surface area contributed by atoms with Crippen molar-refractivity contribution in [3.05, 3.63) is 65.5 Å². The van der Waals surface area contributed by atoms with Gasteiger partial charge in [0, 0.05) is 44.0 Å². The predicted molar refractivity (Wildman–Crippen MR) is 91.1 cm³/mol. The molecule has 0 unspecified atom stereocenters. The van der Waals surface area contributed by atoms with E-state index in [2.05, 4.69) is 20.6 Å². The highest BCUT2D eigenvalue weighted by Gasteiger charge is 2.03. The number of nitrogens with zero attached hydrogens (tertiary/aromatic N) is 2. The Balaban J connectivity index is 1.81. The monoisotopic (exact) mass is 311 g/mol. The molecule has 1 amide bonds. The minimum atomic E-state index is -0.426. The normalized spacial score (nSPS) is 11.1. The number of guanidine groups is 1. The van der Waals surface area contributed by atoms with Crippen LogP contribution in [0.4, 0.5) is 0 Å². The highest BCUT2D eigenvalue weighted by Crippen LogP contribution is 2.04. The summed E-state index contributed by atoms with van der Waals surface area (Å²) in [6, 6.07) is 13.1. The largest absolute Gasteiger partial charge is 0.366 e. The lowest BCUT2D eigenvalue weighted by Crippen LogP contribution is -2.38. The van der Waals surface area contributed by atoms with Gasteiger partial charge in [0.1, 0.15) is 0 Å². The Morgan fingerprint density at radius 1 is 1.22 bits per heavy atom. The van der Waals surface area contributed by atoms with Crippen LogP contribution in [-0.2, 0) is 13.0 Å². The zero-order valence-corrected chi connectivity index (χ0v) is 13.1. The van der Waals surface area contributed by atoms with Crippen molar-refractivity contribution in [3.8, 4) is 0 Å². The first-order valence-corrected chi connectivity index (χ1v) is 7.42. The topological polar surface area (TPSA) is 92.4 Å². The third-order valence-electron chi connectivity index (χ3n) is 3.29. The molecule has 2 rings (SSSR count). The summed E-state index contributed by atoms with van der Waals surface area (Å²) in [5.74, 6) is 0.273. The van der Waals surface area contributed by atoms with Gasteiger partial charge in [-0.3, -0.25) is 14.8 Å². The van der Waals surface area contributed by atoms with Gasteiger partial charge in [-0.25, -0.2) is 0 Å².